The molecule has 0 aliphatic heterocycles. The number of nitrogens with zero attached hydrogens (tertiary/aromatic N) is 3. The molecule has 0 spiro atoms. The Balaban J connectivity index is 1.57. The van der Waals surface area contributed by atoms with E-state index in [-0.39, 0.29) is 15.6 Å². The molecule has 0 radical (unpaired) electrons. The lowest BCUT2D eigenvalue weighted by atomic mass is 9.64. The number of fused-ring (bicyclic) bond motifs is 4. The van der Waals surface area contributed by atoms with Crippen LogP contribution in [-0.4, -0.2) is 20.2 Å². The minimum Gasteiger partial charge on any atom is -0.363 e. The van der Waals surface area contributed by atoms with Gasteiger partial charge >= 0.3 is 0 Å². The Kier molecular flexibility index (Phi) is 5.69. The minimum absolute atomic E-state index is 0.0781. The van der Waals surface area contributed by atoms with Gasteiger partial charge in [-0.1, -0.05) is 18.2 Å². The number of aromatic nitrogens is 3. The maximum absolute atomic E-state index is 14.7. The molecule has 6 rings (SSSR count). The third kappa shape index (κ3) is 3.70. The van der Waals surface area contributed by atoms with E-state index in [2.05, 4.69) is 31.2 Å². The summed E-state index contributed by atoms with van der Waals surface area (Å²) in [6, 6.07) is 3.21. The molecule has 3 aromatic rings. The van der Waals surface area contributed by atoms with Crippen LogP contribution in [0.25, 0.3) is 10.9 Å². The van der Waals surface area contributed by atoms with Crippen LogP contribution in [0.5, 0.6) is 0 Å². The van der Waals surface area contributed by atoms with Gasteiger partial charge in [-0.3, -0.25) is 4.79 Å². The van der Waals surface area contributed by atoms with Gasteiger partial charge in [-0.05, 0) is 61.4 Å². The van der Waals surface area contributed by atoms with Crippen LogP contribution in [0.3, 0.4) is 0 Å². The monoisotopic (exact) mass is 538 g/mol. The molecule has 5 nitrogen and oxygen atoms in total. The molecule has 180 valence electrons. The predicted molar refractivity (Wildman–Crippen MR) is 124 cm³/mol. The zero-order valence-corrected chi connectivity index (χ0v) is 20.0. The molecular formula is C24H23BrF4N4O. The van der Waals surface area contributed by atoms with E-state index >= 15 is 0 Å². The van der Waals surface area contributed by atoms with Gasteiger partial charge < -0.3 is 9.88 Å². The minimum atomic E-state index is -2.93. The van der Waals surface area contributed by atoms with Gasteiger partial charge in [0.2, 0.25) is 0 Å². The molecule has 34 heavy (non-hydrogen) atoms. The van der Waals surface area contributed by atoms with E-state index in [1.54, 1.807) is 17.7 Å². The first kappa shape index (κ1) is 23.3. The molecule has 3 saturated carbocycles. The predicted octanol–water partition coefficient (Wildman–Crippen LogP) is 6.58. The molecule has 3 aliphatic rings. The van der Waals surface area contributed by atoms with Crippen LogP contribution in [-0.2, 0) is 5.54 Å². The van der Waals surface area contributed by atoms with Gasteiger partial charge in [-0.15, -0.1) is 0 Å². The van der Waals surface area contributed by atoms with Crippen molar-refractivity contribution < 1.29 is 17.6 Å². The molecular weight excluding hydrogens is 516 g/mol. The molecule has 2 heterocycles. The average Bonchev–Trinajstić information content (AvgIpc) is 2.82. The van der Waals surface area contributed by atoms with Crippen LogP contribution < -0.4 is 10.9 Å². The normalized spacial score (nSPS) is 25.1. The third-order valence-corrected chi connectivity index (χ3v) is 8.21. The van der Waals surface area contributed by atoms with E-state index in [0.29, 0.717) is 55.2 Å². The van der Waals surface area contributed by atoms with Crippen LogP contribution in [0.15, 0.2) is 40.0 Å². The Morgan fingerprint density at radius 1 is 1.09 bits per heavy atom. The summed E-state index contributed by atoms with van der Waals surface area (Å²) in [5.41, 5.74) is -2.05. The maximum Gasteiger partial charge on any atom is 0.267 e. The molecule has 0 saturated heterocycles. The molecule has 10 heteroatoms. The maximum atomic E-state index is 14.7. The highest BCUT2D eigenvalue weighted by Crippen LogP contribution is 2.52. The molecule has 2 aromatic heterocycles. The first-order valence-electron chi connectivity index (χ1n) is 11.2. The summed E-state index contributed by atoms with van der Waals surface area (Å²) in [6.07, 6.45) is 3.02. The highest BCUT2D eigenvalue weighted by molar-refractivity contribution is 9.10. The summed E-state index contributed by atoms with van der Waals surface area (Å²) in [5, 5.41) is 3.63. The van der Waals surface area contributed by atoms with Gasteiger partial charge in [-0.25, -0.2) is 27.5 Å². The smallest absolute Gasteiger partial charge is 0.267 e. The zero-order valence-electron chi connectivity index (χ0n) is 18.4. The Bertz CT molecular complexity index is 1300. The van der Waals surface area contributed by atoms with E-state index in [4.69, 9.17) is 0 Å². The number of halogens is 5. The van der Waals surface area contributed by atoms with Crippen LogP contribution in [0, 0.1) is 5.82 Å². The Labute approximate surface area is 201 Å². The van der Waals surface area contributed by atoms with Gasteiger partial charge in [0.05, 0.1) is 22.5 Å². The fourth-order valence-electron chi connectivity index (χ4n) is 5.39. The van der Waals surface area contributed by atoms with E-state index in [9.17, 15) is 22.4 Å². The van der Waals surface area contributed by atoms with Crippen molar-refractivity contribution in [1.82, 2.24) is 14.5 Å². The number of anilines is 1. The second-order valence-electron chi connectivity index (χ2n) is 9.40. The van der Waals surface area contributed by atoms with E-state index < -0.39 is 35.1 Å². The molecule has 3 fully saturated rings. The Morgan fingerprint density at radius 2 is 1.74 bits per heavy atom. The highest BCUT2D eigenvalue weighted by atomic mass is 79.9. The fourth-order valence-corrected chi connectivity index (χ4v) is 5.90. The fraction of sp³-hybridized carbons (Fsp3) is 0.458. The second kappa shape index (κ2) is 8.32. The first-order chi connectivity index (χ1) is 16.1. The van der Waals surface area contributed by atoms with Crippen LogP contribution >= 0.6 is 15.9 Å². The largest absolute Gasteiger partial charge is 0.363 e. The quantitative estimate of drug-likeness (QED) is 0.373. The number of hydrogen-bond acceptors (Lipinski definition) is 4. The van der Waals surface area contributed by atoms with Gasteiger partial charge in [0.15, 0.2) is 0 Å². The van der Waals surface area contributed by atoms with Crippen molar-refractivity contribution in [3.63, 3.8) is 0 Å². The zero-order chi connectivity index (χ0) is 24.3. The topological polar surface area (TPSA) is 59.8 Å². The summed E-state index contributed by atoms with van der Waals surface area (Å²) in [7, 11) is 0. The number of nitrogens with one attached hydrogen (secondary N) is 1. The van der Waals surface area contributed by atoms with Crippen molar-refractivity contribution in [3.05, 3.63) is 62.5 Å². The number of alkyl halides is 3. The summed E-state index contributed by atoms with van der Waals surface area (Å²) in [5.74, 6) is -0.622. The Hall–Kier alpha value is -2.49. The SMILES string of the molecule is C[C@@H](Nc1ncnc2c(Br)c(=O)n(C34CCC(F)(CC3)CC4)cc12)c1cccc(C(F)F)c1F. The second-order valence-corrected chi connectivity index (χ2v) is 10.2. The lowest BCUT2D eigenvalue weighted by Crippen LogP contribution is -2.52. The van der Waals surface area contributed by atoms with Crippen molar-refractivity contribution in [1.29, 1.82) is 0 Å². The summed E-state index contributed by atoms with van der Waals surface area (Å²) in [4.78, 5) is 21.8. The van der Waals surface area contributed by atoms with Crippen molar-refractivity contribution in [2.45, 2.75) is 69.1 Å². The average molecular weight is 539 g/mol. The van der Waals surface area contributed by atoms with Crippen LogP contribution in [0.4, 0.5) is 23.4 Å². The molecule has 1 atom stereocenters. The van der Waals surface area contributed by atoms with Crippen LogP contribution in [0.1, 0.15) is 69.0 Å². The first-order valence-corrected chi connectivity index (χ1v) is 12.0. The van der Waals surface area contributed by atoms with Gasteiger partial charge in [-0.2, -0.15) is 0 Å². The van der Waals surface area contributed by atoms with Crippen molar-refractivity contribution >= 4 is 32.7 Å². The summed E-state index contributed by atoms with van der Waals surface area (Å²) in [6.45, 7) is 1.65. The van der Waals surface area contributed by atoms with Gasteiger partial charge in [0, 0.05) is 17.3 Å². The number of hydrogen-bond donors (Lipinski definition) is 1. The summed E-state index contributed by atoms with van der Waals surface area (Å²) >= 11 is 3.39. The van der Waals surface area contributed by atoms with Crippen molar-refractivity contribution in [3.8, 4) is 0 Å². The molecule has 0 unspecified atom stereocenters. The Morgan fingerprint density at radius 3 is 2.38 bits per heavy atom. The van der Waals surface area contributed by atoms with Crippen molar-refractivity contribution in [2.75, 3.05) is 5.32 Å². The van der Waals surface area contributed by atoms with Gasteiger partial charge in [0.25, 0.3) is 12.0 Å². The van der Waals surface area contributed by atoms with E-state index in [0.717, 1.165) is 6.07 Å². The molecule has 1 N–H and O–H groups in total. The number of benzene rings is 1. The number of pyridine rings is 1. The summed E-state index contributed by atoms with van der Waals surface area (Å²) < 4.78 is 57.7. The van der Waals surface area contributed by atoms with Crippen LogP contribution in [0.2, 0.25) is 0 Å². The van der Waals surface area contributed by atoms with Crippen molar-refractivity contribution in [2.24, 2.45) is 0 Å². The highest BCUT2D eigenvalue weighted by Gasteiger charge is 2.50. The molecule has 1 aromatic carbocycles. The van der Waals surface area contributed by atoms with E-state index in [1.807, 2.05) is 0 Å². The number of rotatable bonds is 5. The van der Waals surface area contributed by atoms with Gasteiger partial charge in [0.1, 0.15) is 28.1 Å². The lowest BCUT2D eigenvalue weighted by molar-refractivity contribution is -0.0283. The lowest BCUT2D eigenvalue weighted by Gasteiger charge is -2.50. The molecule has 0 amide bonds. The molecule has 3 aliphatic carbocycles. The van der Waals surface area contributed by atoms with E-state index in [1.165, 1.54) is 18.5 Å². The third-order valence-electron chi connectivity index (χ3n) is 7.50. The molecule has 2 bridgehead atoms. The standard InChI is InChI=1S/C24H23BrF4N4O/c1-13(14-3-2-4-15(18(14)26)20(27)28)32-21-16-11-33(22(34)17(25)19(16)30-12-31-21)24-8-5-23(29,6-9-24)7-10-24/h2-4,11-13,20H,5-10H2,1H3,(H,30,31,32)/t13-,23?,24?/m1/s1.